The molecule has 0 N–H and O–H groups in total. The lowest BCUT2D eigenvalue weighted by Crippen LogP contribution is -2.28. The molecule has 2 aromatic carbocycles. The molecule has 1 heterocycles. The van der Waals surface area contributed by atoms with Gasteiger partial charge >= 0.3 is 5.97 Å². The number of halogens is 1. The van der Waals surface area contributed by atoms with E-state index in [9.17, 15) is 13.2 Å². The summed E-state index contributed by atoms with van der Waals surface area (Å²) in [6, 6.07) is 9.95. The van der Waals surface area contributed by atoms with Crippen molar-refractivity contribution < 1.29 is 22.7 Å². The molecule has 1 aliphatic rings. The quantitative estimate of drug-likeness (QED) is 0.484. The third kappa shape index (κ3) is 5.29. The average Bonchev–Trinajstić information content (AvgIpc) is 3.20. The van der Waals surface area contributed by atoms with Gasteiger partial charge in [0, 0.05) is 13.1 Å². The Morgan fingerprint density at radius 1 is 1.03 bits per heavy atom. The Morgan fingerprint density at radius 3 is 2.34 bits per heavy atom. The van der Waals surface area contributed by atoms with Crippen molar-refractivity contribution in [2.75, 3.05) is 26.3 Å². The van der Waals surface area contributed by atoms with Crippen LogP contribution in [0.2, 0.25) is 5.02 Å². The minimum atomic E-state index is -3.64. The molecule has 0 atom stereocenters. The standard InChI is InChI=1S/C21H24ClNO5S/c1-15-11-16(2)13-17(12-15)27-9-10-28-21(24)19-14-18(5-6-20(19)22)29(25,26)23-7-3-4-8-23/h5-6,11-14H,3-4,7-10H2,1-2H3. The van der Waals surface area contributed by atoms with Crippen LogP contribution in [0.5, 0.6) is 5.75 Å². The van der Waals surface area contributed by atoms with Crippen LogP contribution in [0, 0.1) is 13.8 Å². The minimum absolute atomic E-state index is 0.0191. The van der Waals surface area contributed by atoms with E-state index in [1.54, 1.807) is 0 Å². The number of ether oxygens (including phenoxy) is 2. The zero-order valence-electron chi connectivity index (χ0n) is 16.5. The molecule has 6 nitrogen and oxygen atoms in total. The van der Waals surface area contributed by atoms with Crippen molar-refractivity contribution >= 4 is 27.6 Å². The van der Waals surface area contributed by atoms with Crippen molar-refractivity contribution in [3.8, 4) is 5.75 Å². The van der Waals surface area contributed by atoms with Gasteiger partial charge < -0.3 is 9.47 Å². The lowest BCUT2D eigenvalue weighted by molar-refractivity contribution is 0.0450. The van der Waals surface area contributed by atoms with E-state index in [-0.39, 0.29) is 28.7 Å². The molecule has 0 radical (unpaired) electrons. The van der Waals surface area contributed by atoms with E-state index in [2.05, 4.69) is 0 Å². The number of benzene rings is 2. The largest absolute Gasteiger partial charge is 0.490 e. The first-order valence-corrected chi connectivity index (χ1v) is 11.3. The van der Waals surface area contributed by atoms with Crippen LogP contribution in [-0.2, 0) is 14.8 Å². The fourth-order valence-corrected chi connectivity index (χ4v) is 5.03. The molecule has 0 unspecified atom stereocenters. The van der Waals surface area contributed by atoms with Gasteiger partial charge in [-0.05, 0) is 68.1 Å². The maximum atomic E-state index is 12.7. The van der Waals surface area contributed by atoms with Crippen LogP contribution in [0.1, 0.15) is 34.3 Å². The molecule has 0 bridgehead atoms. The lowest BCUT2D eigenvalue weighted by Gasteiger charge is -2.16. The summed E-state index contributed by atoms with van der Waals surface area (Å²) >= 11 is 6.10. The molecular weight excluding hydrogens is 414 g/mol. The molecule has 1 saturated heterocycles. The molecule has 156 valence electrons. The second kappa shape index (κ2) is 9.15. The molecule has 8 heteroatoms. The van der Waals surface area contributed by atoms with Crippen molar-refractivity contribution in [3.05, 3.63) is 58.1 Å². The van der Waals surface area contributed by atoms with Gasteiger partial charge in [-0.1, -0.05) is 17.7 Å². The van der Waals surface area contributed by atoms with Crippen LogP contribution in [-0.4, -0.2) is 45.0 Å². The lowest BCUT2D eigenvalue weighted by atomic mass is 10.1. The summed E-state index contributed by atoms with van der Waals surface area (Å²) in [6.45, 7) is 5.13. The number of sulfonamides is 1. The first-order valence-electron chi connectivity index (χ1n) is 9.45. The van der Waals surface area contributed by atoms with Crippen LogP contribution in [0.4, 0.5) is 0 Å². The summed E-state index contributed by atoms with van der Waals surface area (Å²) in [7, 11) is -3.64. The average molecular weight is 438 g/mol. The number of hydrogen-bond donors (Lipinski definition) is 0. The van der Waals surface area contributed by atoms with Crippen molar-refractivity contribution in [1.82, 2.24) is 4.31 Å². The van der Waals surface area contributed by atoms with Gasteiger partial charge in [0.15, 0.2) is 0 Å². The molecule has 0 amide bonds. The molecule has 1 fully saturated rings. The van der Waals surface area contributed by atoms with E-state index in [1.807, 2.05) is 32.0 Å². The van der Waals surface area contributed by atoms with Gasteiger partial charge in [-0.15, -0.1) is 0 Å². The fraction of sp³-hybridized carbons (Fsp3) is 0.381. The van der Waals surface area contributed by atoms with Crippen LogP contribution < -0.4 is 4.74 Å². The number of aryl methyl sites for hydroxylation is 2. The molecule has 0 aliphatic carbocycles. The molecule has 29 heavy (non-hydrogen) atoms. The van der Waals surface area contributed by atoms with Crippen molar-refractivity contribution in [1.29, 1.82) is 0 Å². The molecule has 0 saturated carbocycles. The van der Waals surface area contributed by atoms with Crippen molar-refractivity contribution in [2.45, 2.75) is 31.6 Å². The summed E-state index contributed by atoms with van der Waals surface area (Å²) in [6.07, 6.45) is 1.67. The highest BCUT2D eigenvalue weighted by atomic mass is 35.5. The van der Waals surface area contributed by atoms with Crippen LogP contribution in [0.15, 0.2) is 41.3 Å². The predicted octanol–water partition coefficient (Wildman–Crippen LogP) is 3.98. The highest BCUT2D eigenvalue weighted by Gasteiger charge is 2.28. The van der Waals surface area contributed by atoms with E-state index in [0.717, 1.165) is 24.0 Å². The summed E-state index contributed by atoms with van der Waals surface area (Å²) in [5, 5.41) is 0.144. The normalized spacial score (nSPS) is 14.7. The first-order chi connectivity index (χ1) is 13.8. The Kier molecular flexibility index (Phi) is 6.82. The fourth-order valence-electron chi connectivity index (χ4n) is 3.29. The highest BCUT2D eigenvalue weighted by molar-refractivity contribution is 7.89. The van der Waals surface area contributed by atoms with E-state index in [1.165, 1.54) is 22.5 Å². The van der Waals surface area contributed by atoms with Gasteiger partial charge in [-0.2, -0.15) is 4.31 Å². The second-order valence-corrected chi connectivity index (χ2v) is 9.41. The van der Waals surface area contributed by atoms with Gasteiger partial charge in [0.1, 0.15) is 19.0 Å². The van der Waals surface area contributed by atoms with E-state index in [4.69, 9.17) is 21.1 Å². The highest BCUT2D eigenvalue weighted by Crippen LogP contribution is 2.26. The van der Waals surface area contributed by atoms with Gasteiger partial charge in [0.05, 0.1) is 15.5 Å². The van der Waals surface area contributed by atoms with Gasteiger partial charge in [-0.25, -0.2) is 13.2 Å². The molecule has 0 spiro atoms. The Hall–Kier alpha value is -2.09. The topological polar surface area (TPSA) is 72.9 Å². The van der Waals surface area contributed by atoms with Gasteiger partial charge in [0.25, 0.3) is 0 Å². The number of nitrogens with zero attached hydrogens (tertiary/aromatic N) is 1. The third-order valence-electron chi connectivity index (χ3n) is 4.64. The van der Waals surface area contributed by atoms with Gasteiger partial charge in [-0.3, -0.25) is 0 Å². The SMILES string of the molecule is Cc1cc(C)cc(OCCOC(=O)c2cc(S(=O)(=O)N3CCCC3)ccc2Cl)c1. The summed E-state index contributed by atoms with van der Waals surface area (Å²) in [5.74, 6) is 0.0211. The van der Waals surface area contributed by atoms with Crippen molar-refractivity contribution in [2.24, 2.45) is 0 Å². The molecule has 1 aliphatic heterocycles. The smallest absolute Gasteiger partial charge is 0.339 e. The first kappa shape index (κ1) is 21.6. The Balaban J connectivity index is 1.63. The zero-order valence-corrected chi connectivity index (χ0v) is 18.1. The zero-order chi connectivity index (χ0) is 21.0. The van der Waals surface area contributed by atoms with E-state index < -0.39 is 16.0 Å². The van der Waals surface area contributed by atoms with Gasteiger partial charge in [0.2, 0.25) is 10.0 Å². The summed E-state index contributed by atoms with van der Waals surface area (Å²) in [5.41, 5.74) is 2.19. The minimum Gasteiger partial charge on any atom is -0.490 e. The van der Waals surface area contributed by atoms with Crippen molar-refractivity contribution in [3.63, 3.8) is 0 Å². The predicted molar refractivity (Wildman–Crippen MR) is 111 cm³/mol. The number of carbonyl (C=O) groups excluding carboxylic acids is 1. The number of carbonyl (C=O) groups is 1. The van der Waals surface area contributed by atoms with Crippen LogP contribution in [0.3, 0.4) is 0 Å². The van der Waals surface area contributed by atoms with Crippen LogP contribution >= 0.6 is 11.6 Å². The Labute approximate surface area is 176 Å². The Morgan fingerprint density at radius 2 is 1.69 bits per heavy atom. The summed E-state index contributed by atoms with van der Waals surface area (Å²) < 4.78 is 37.7. The second-order valence-electron chi connectivity index (χ2n) is 7.06. The Bertz CT molecular complexity index is 980. The van der Waals surface area contributed by atoms with E-state index in [0.29, 0.717) is 18.8 Å². The third-order valence-corrected chi connectivity index (χ3v) is 6.87. The monoisotopic (exact) mass is 437 g/mol. The maximum Gasteiger partial charge on any atom is 0.339 e. The number of hydrogen-bond acceptors (Lipinski definition) is 5. The molecule has 3 rings (SSSR count). The molecule has 2 aromatic rings. The molecule has 0 aromatic heterocycles. The molecular formula is C21H24ClNO5S. The van der Waals surface area contributed by atoms with Crippen LogP contribution in [0.25, 0.3) is 0 Å². The number of esters is 1. The number of rotatable bonds is 7. The summed E-state index contributed by atoms with van der Waals surface area (Å²) in [4.78, 5) is 12.5. The van der Waals surface area contributed by atoms with E-state index >= 15 is 0 Å². The maximum absolute atomic E-state index is 12.7.